The molecule has 2 aromatic carbocycles. The highest BCUT2D eigenvalue weighted by Crippen LogP contribution is 2.37. The number of nitro groups is 1. The highest BCUT2D eigenvalue weighted by atomic mass is 32.2. The highest BCUT2D eigenvalue weighted by molar-refractivity contribution is 7.92. The van der Waals surface area contributed by atoms with Crippen LogP contribution in [0.15, 0.2) is 47.4 Å². The highest BCUT2D eigenvalue weighted by Gasteiger charge is 2.38. The maximum atomic E-state index is 12.8. The average Bonchev–Trinajstić information content (AvgIpc) is 2.53. The molecule has 0 unspecified atom stereocenters. The number of benzene rings is 2. The second kappa shape index (κ2) is 6.72. The van der Waals surface area contributed by atoms with Crippen molar-refractivity contribution < 1.29 is 39.7 Å². The second-order valence-electron chi connectivity index (χ2n) is 5.15. The molecule has 0 radical (unpaired) electrons. The zero-order valence-electron chi connectivity index (χ0n) is 12.8. The van der Waals surface area contributed by atoms with Crippen LogP contribution in [0, 0.1) is 10.1 Å². The van der Waals surface area contributed by atoms with Crippen LogP contribution in [0.1, 0.15) is 11.1 Å². The molecule has 1 N–H and O–H groups in total. The first-order chi connectivity index (χ1) is 12.2. The summed E-state index contributed by atoms with van der Waals surface area (Å²) in [6.07, 6.45) is -10.4. The molecule has 0 spiro atoms. The Kier molecular flexibility index (Phi) is 5.10. The summed E-state index contributed by atoms with van der Waals surface area (Å²) in [5.41, 5.74) is -4.26. The molecule has 27 heavy (non-hydrogen) atoms. The Bertz CT molecular complexity index is 936. The van der Waals surface area contributed by atoms with Crippen molar-refractivity contribution in [2.24, 2.45) is 0 Å². The Hall–Kier alpha value is -2.83. The fourth-order valence-electron chi connectivity index (χ4n) is 1.95. The normalized spacial score (nSPS) is 12.7. The molecule has 0 saturated carbocycles. The van der Waals surface area contributed by atoms with E-state index < -0.39 is 49.0 Å². The third-order valence-corrected chi connectivity index (χ3v) is 4.56. The van der Waals surface area contributed by atoms with Crippen molar-refractivity contribution in [1.29, 1.82) is 0 Å². The minimum absolute atomic E-state index is 0.0585. The lowest BCUT2D eigenvalue weighted by molar-refractivity contribution is -0.384. The number of halogens is 6. The number of rotatable bonds is 4. The number of sulfonamides is 1. The molecule has 0 bridgehead atoms. The van der Waals surface area contributed by atoms with Crippen LogP contribution in [0.25, 0.3) is 0 Å². The van der Waals surface area contributed by atoms with Crippen molar-refractivity contribution in [1.82, 2.24) is 0 Å². The van der Waals surface area contributed by atoms with Crippen molar-refractivity contribution in [2.75, 3.05) is 4.72 Å². The van der Waals surface area contributed by atoms with Crippen LogP contribution >= 0.6 is 0 Å². The molecule has 6 nitrogen and oxygen atoms in total. The number of nitrogens with one attached hydrogen (secondary N) is 1. The lowest BCUT2D eigenvalue weighted by Gasteiger charge is -2.15. The maximum Gasteiger partial charge on any atom is 0.416 e. The molecule has 13 heteroatoms. The van der Waals surface area contributed by atoms with Gasteiger partial charge in [0.05, 0.1) is 20.9 Å². The monoisotopic (exact) mass is 414 g/mol. The molecular formula is C14H8F6N2O4S. The first kappa shape index (κ1) is 20.5. The molecule has 0 aliphatic heterocycles. The standard InChI is InChI=1S/C14H8F6N2O4S/c15-13(16,17)8-5-9(14(18,19)20)7-12(6-8)27(25,26)21-10-1-3-11(4-2-10)22(23)24/h1-7,21H. The van der Waals surface area contributed by atoms with E-state index in [1.54, 1.807) is 4.72 Å². The van der Waals surface area contributed by atoms with Crippen molar-refractivity contribution in [3.63, 3.8) is 0 Å². The van der Waals surface area contributed by atoms with Crippen LogP contribution in [0.4, 0.5) is 37.7 Å². The summed E-state index contributed by atoms with van der Waals surface area (Å²) >= 11 is 0. The number of anilines is 1. The fourth-order valence-corrected chi connectivity index (χ4v) is 3.08. The summed E-state index contributed by atoms with van der Waals surface area (Å²) in [7, 11) is -4.83. The lowest BCUT2D eigenvalue weighted by atomic mass is 10.1. The summed E-state index contributed by atoms with van der Waals surface area (Å²) in [6, 6.07) is 3.61. The van der Waals surface area contributed by atoms with Gasteiger partial charge < -0.3 is 0 Å². The van der Waals surface area contributed by atoms with E-state index in [0.717, 1.165) is 24.3 Å². The van der Waals surface area contributed by atoms with Crippen LogP contribution in [0.5, 0.6) is 0 Å². The van der Waals surface area contributed by atoms with Gasteiger partial charge in [0.1, 0.15) is 0 Å². The second-order valence-corrected chi connectivity index (χ2v) is 6.83. The maximum absolute atomic E-state index is 12.8. The Labute approximate surface area is 147 Å². The van der Waals surface area contributed by atoms with Crippen LogP contribution in [0.2, 0.25) is 0 Å². The van der Waals surface area contributed by atoms with Gasteiger partial charge in [-0.15, -0.1) is 0 Å². The van der Waals surface area contributed by atoms with Gasteiger partial charge in [-0.2, -0.15) is 26.3 Å². The molecular weight excluding hydrogens is 406 g/mol. The third-order valence-electron chi connectivity index (χ3n) is 3.20. The first-order valence-electron chi connectivity index (χ1n) is 6.77. The van der Waals surface area contributed by atoms with Crippen LogP contribution < -0.4 is 4.72 Å². The van der Waals surface area contributed by atoms with Crippen molar-refractivity contribution in [3.05, 3.63) is 63.7 Å². The van der Waals surface area contributed by atoms with E-state index in [2.05, 4.69) is 0 Å². The molecule has 146 valence electrons. The van der Waals surface area contributed by atoms with E-state index in [-0.39, 0.29) is 23.9 Å². The summed E-state index contributed by atoms with van der Waals surface area (Å²) < 4.78 is 103. The quantitative estimate of drug-likeness (QED) is 0.455. The topological polar surface area (TPSA) is 89.3 Å². The van der Waals surface area contributed by atoms with E-state index in [0.29, 0.717) is 0 Å². The number of alkyl halides is 6. The predicted octanol–water partition coefficient (Wildman–Crippen LogP) is 4.43. The van der Waals surface area contributed by atoms with Gasteiger partial charge in [-0.05, 0) is 30.3 Å². The van der Waals surface area contributed by atoms with E-state index >= 15 is 0 Å². The zero-order chi connectivity index (χ0) is 20.6. The summed E-state index contributed by atoms with van der Waals surface area (Å²) in [4.78, 5) is 8.50. The SMILES string of the molecule is O=[N+]([O-])c1ccc(NS(=O)(=O)c2cc(C(F)(F)F)cc(C(F)(F)F)c2)cc1. The van der Waals surface area contributed by atoms with Crippen molar-refractivity contribution >= 4 is 21.4 Å². The number of hydrogen-bond donors (Lipinski definition) is 1. The van der Waals surface area contributed by atoms with Gasteiger partial charge in [-0.25, -0.2) is 8.42 Å². The fraction of sp³-hybridized carbons (Fsp3) is 0.143. The predicted molar refractivity (Wildman–Crippen MR) is 80.4 cm³/mol. The summed E-state index contributed by atoms with van der Waals surface area (Å²) in [5, 5.41) is 10.5. The molecule has 0 amide bonds. The van der Waals surface area contributed by atoms with Crippen molar-refractivity contribution in [3.8, 4) is 0 Å². The number of hydrogen-bond acceptors (Lipinski definition) is 4. The van der Waals surface area contributed by atoms with E-state index in [1.165, 1.54) is 0 Å². The molecule has 0 fully saturated rings. The van der Waals surface area contributed by atoms with E-state index in [4.69, 9.17) is 0 Å². The molecule has 0 saturated heterocycles. The molecule has 0 aliphatic carbocycles. The van der Waals surface area contributed by atoms with Gasteiger partial charge in [0, 0.05) is 17.8 Å². The van der Waals surface area contributed by atoms with Gasteiger partial charge in [0.15, 0.2) is 0 Å². The minimum atomic E-state index is -5.21. The van der Waals surface area contributed by atoms with Crippen LogP contribution in [-0.4, -0.2) is 13.3 Å². The van der Waals surface area contributed by atoms with Crippen molar-refractivity contribution in [2.45, 2.75) is 17.2 Å². The van der Waals surface area contributed by atoms with Gasteiger partial charge in [0.25, 0.3) is 15.7 Å². The largest absolute Gasteiger partial charge is 0.416 e. The van der Waals surface area contributed by atoms with Crippen LogP contribution in [0.3, 0.4) is 0 Å². The van der Waals surface area contributed by atoms with Gasteiger partial charge in [0.2, 0.25) is 0 Å². The molecule has 2 rings (SSSR count). The minimum Gasteiger partial charge on any atom is -0.280 e. The van der Waals surface area contributed by atoms with E-state index in [1.807, 2.05) is 0 Å². The smallest absolute Gasteiger partial charge is 0.280 e. The Morgan fingerprint density at radius 3 is 1.67 bits per heavy atom. The molecule has 2 aromatic rings. The first-order valence-corrected chi connectivity index (χ1v) is 8.25. The van der Waals surface area contributed by atoms with Gasteiger partial charge in [-0.3, -0.25) is 14.8 Å². The third kappa shape index (κ3) is 4.87. The zero-order valence-corrected chi connectivity index (χ0v) is 13.6. The summed E-state index contributed by atoms with van der Waals surface area (Å²) in [5.74, 6) is 0. The Morgan fingerprint density at radius 2 is 1.30 bits per heavy atom. The Balaban J connectivity index is 2.49. The summed E-state index contributed by atoms with van der Waals surface area (Å²) in [6.45, 7) is 0. The van der Waals surface area contributed by atoms with Crippen LogP contribution in [-0.2, 0) is 22.4 Å². The molecule has 0 atom stereocenters. The van der Waals surface area contributed by atoms with Gasteiger partial charge in [-0.1, -0.05) is 0 Å². The number of nitro benzene ring substituents is 1. The number of non-ortho nitro benzene ring substituents is 1. The molecule has 0 heterocycles. The van der Waals surface area contributed by atoms with Gasteiger partial charge >= 0.3 is 12.4 Å². The van der Waals surface area contributed by atoms with E-state index in [9.17, 15) is 44.9 Å². The molecule has 0 aliphatic rings. The lowest BCUT2D eigenvalue weighted by Crippen LogP contribution is -2.17. The average molecular weight is 414 g/mol. The molecule has 0 aromatic heterocycles. The Morgan fingerprint density at radius 1 is 0.852 bits per heavy atom. The number of nitrogens with zero attached hydrogens (tertiary/aromatic N) is 1.